The van der Waals surface area contributed by atoms with Crippen molar-refractivity contribution in [3.8, 4) is 5.75 Å². The van der Waals surface area contributed by atoms with Gasteiger partial charge in [0.1, 0.15) is 5.75 Å². The minimum atomic E-state index is -0.420. The van der Waals surface area contributed by atoms with Gasteiger partial charge in [-0.25, -0.2) is 9.78 Å². The SMILES string of the molecule is O=C(Nc1ccc(O)cc1)Nc1cnccn1. The van der Waals surface area contributed by atoms with Crippen molar-refractivity contribution in [1.29, 1.82) is 0 Å². The molecule has 0 atom stereocenters. The third-order valence-electron chi connectivity index (χ3n) is 1.93. The van der Waals surface area contributed by atoms with Crippen molar-refractivity contribution in [3.05, 3.63) is 42.9 Å². The second kappa shape index (κ2) is 4.93. The van der Waals surface area contributed by atoms with E-state index in [9.17, 15) is 4.79 Å². The molecule has 0 saturated carbocycles. The third kappa shape index (κ3) is 3.16. The first kappa shape index (κ1) is 10.9. The Morgan fingerprint density at radius 3 is 2.53 bits per heavy atom. The Balaban J connectivity index is 1.96. The molecule has 0 unspecified atom stereocenters. The summed E-state index contributed by atoms with van der Waals surface area (Å²) < 4.78 is 0. The van der Waals surface area contributed by atoms with E-state index in [-0.39, 0.29) is 5.75 Å². The van der Waals surface area contributed by atoms with Gasteiger partial charge >= 0.3 is 6.03 Å². The zero-order valence-electron chi connectivity index (χ0n) is 8.79. The van der Waals surface area contributed by atoms with E-state index in [2.05, 4.69) is 20.6 Å². The number of aromatic hydroxyl groups is 1. The Bertz CT molecular complexity index is 499. The molecule has 0 radical (unpaired) electrons. The Labute approximate surface area is 97.3 Å². The molecule has 0 spiro atoms. The number of carbonyl (C=O) groups is 1. The maximum atomic E-state index is 11.5. The first-order valence-corrected chi connectivity index (χ1v) is 4.87. The van der Waals surface area contributed by atoms with Crippen molar-refractivity contribution in [1.82, 2.24) is 9.97 Å². The van der Waals surface area contributed by atoms with Crippen molar-refractivity contribution in [3.63, 3.8) is 0 Å². The molecule has 1 aromatic carbocycles. The van der Waals surface area contributed by atoms with Gasteiger partial charge in [-0.3, -0.25) is 10.3 Å². The number of carbonyl (C=O) groups excluding carboxylic acids is 1. The number of nitrogens with one attached hydrogen (secondary N) is 2. The molecule has 1 aromatic heterocycles. The molecule has 0 bridgehead atoms. The van der Waals surface area contributed by atoms with Crippen LogP contribution in [0.3, 0.4) is 0 Å². The van der Waals surface area contributed by atoms with Crippen molar-refractivity contribution in [2.24, 2.45) is 0 Å². The van der Waals surface area contributed by atoms with Crippen molar-refractivity contribution in [2.45, 2.75) is 0 Å². The van der Waals surface area contributed by atoms with Crippen LogP contribution in [0.25, 0.3) is 0 Å². The van der Waals surface area contributed by atoms with Gasteiger partial charge in [0.25, 0.3) is 0 Å². The summed E-state index contributed by atoms with van der Waals surface area (Å²) in [4.78, 5) is 19.2. The fraction of sp³-hybridized carbons (Fsp3) is 0. The molecule has 2 rings (SSSR count). The first-order chi connectivity index (χ1) is 8.24. The molecule has 86 valence electrons. The molecule has 3 N–H and O–H groups in total. The molecular formula is C11H10N4O2. The largest absolute Gasteiger partial charge is 0.508 e. The summed E-state index contributed by atoms with van der Waals surface area (Å²) in [5.41, 5.74) is 0.573. The van der Waals surface area contributed by atoms with Gasteiger partial charge in [-0.15, -0.1) is 0 Å². The maximum absolute atomic E-state index is 11.5. The van der Waals surface area contributed by atoms with E-state index < -0.39 is 6.03 Å². The monoisotopic (exact) mass is 230 g/mol. The lowest BCUT2D eigenvalue weighted by Gasteiger charge is -2.06. The molecule has 17 heavy (non-hydrogen) atoms. The highest BCUT2D eigenvalue weighted by Gasteiger charge is 2.02. The van der Waals surface area contributed by atoms with Crippen LogP contribution >= 0.6 is 0 Å². The number of amides is 2. The molecule has 2 aromatic rings. The lowest BCUT2D eigenvalue weighted by atomic mass is 10.3. The van der Waals surface area contributed by atoms with Gasteiger partial charge in [0.2, 0.25) is 0 Å². The van der Waals surface area contributed by atoms with Crippen molar-refractivity contribution < 1.29 is 9.90 Å². The Kier molecular flexibility index (Phi) is 3.15. The fourth-order valence-electron chi connectivity index (χ4n) is 1.19. The molecule has 0 aliphatic heterocycles. The van der Waals surface area contributed by atoms with Crippen LogP contribution in [0.5, 0.6) is 5.75 Å². The van der Waals surface area contributed by atoms with Crippen LogP contribution in [-0.2, 0) is 0 Å². The lowest BCUT2D eigenvalue weighted by Crippen LogP contribution is -2.20. The van der Waals surface area contributed by atoms with Gasteiger partial charge < -0.3 is 10.4 Å². The normalized spacial score (nSPS) is 9.65. The highest BCUT2D eigenvalue weighted by Crippen LogP contribution is 2.13. The Morgan fingerprint density at radius 1 is 1.12 bits per heavy atom. The summed E-state index contributed by atoms with van der Waals surface area (Å²) in [6.45, 7) is 0. The van der Waals surface area contributed by atoms with E-state index in [1.54, 1.807) is 12.1 Å². The Hall–Kier alpha value is -2.63. The predicted octanol–water partition coefficient (Wildman–Crippen LogP) is 1.83. The molecule has 6 nitrogen and oxygen atoms in total. The van der Waals surface area contributed by atoms with Crippen LogP contribution in [-0.4, -0.2) is 21.1 Å². The number of nitrogens with zero attached hydrogens (tertiary/aromatic N) is 2. The molecule has 0 fully saturated rings. The molecular weight excluding hydrogens is 220 g/mol. The summed E-state index contributed by atoms with van der Waals surface area (Å²) in [5, 5.41) is 14.2. The standard InChI is InChI=1S/C11H10N4O2/c16-9-3-1-8(2-4-9)14-11(17)15-10-7-12-5-6-13-10/h1-7,16H,(H2,13,14,15,17). The first-order valence-electron chi connectivity index (χ1n) is 4.87. The number of urea groups is 1. The Morgan fingerprint density at radius 2 is 1.88 bits per heavy atom. The quantitative estimate of drug-likeness (QED) is 0.687. The van der Waals surface area contributed by atoms with Gasteiger partial charge in [-0.05, 0) is 24.3 Å². The molecule has 2 amide bonds. The van der Waals surface area contributed by atoms with E-state index in [0.717, 1.165) is 0 Å². The van der Waals surface area contributed by atoms with Gasteiger partial charge in [-0.2, -0.15) is 0 Å². The average molecular weight is 230 g/mol. The third-order valence-corrected chi connectivity index (χ3v) is 1.93. The molecule has 1 heterocycles. The maximum Gasteiger partial charge on any atom is 0.324 e. The van der Waals surface area contributed by atoms with Gasteiger partial charge in [0, 0.05) is 18.1 Å². The summed E-state index contributed by atoms with van der Waals surface area (Å²) in [5.74, 6) is 0.508. The summed E-state index contributed by atoms with van der Waals surface area (Å²) in [6, 6.07) is 5.73. The van der Waals surface area contributed by atoms with Crippen LogP contribution in [0.2, 0.25) is 0 Å². The van der Waals surface area contributed by atoms with Crippen LogP contribution in [0, 0.1) is 0 Å². The second-order valence-electron chi connectivity index (χ2n) is 3.22. The average Bonchev–Trinajstić information content (AvgIpc) is 2.33. The van der Waals surface area contributed by atoms with E-state index >= 15 is 0 Å². The zero-order chi connectivity index (χ0) is 12.1. The number of rotatable bonds is 2. The highest BCUT2D eigenvalue weighted by atomic mass is 16.3. The van der Waals surface area contributed by atoms with Gasteiger partial charge in [0.05, 0.1) is 6.20 Å². The van der Waals surface area contributed by atoms with Crippen molar-refractivity contribution in [2.75, 3.05) is 10.6 Å². The number of hydrogen-bond acceptors (Lipinski definition) is 4. The minimum Gasteiger partial charge on any atom is -0.508 e. The lowest BCUT2D eigenvalue weighted by molar-refractivity contribution is 0.262. The highest BCUT2D eigenvalue weighted by molar-refractivity contribution is 5.99. The molecule has 0 aliphatic rings. The van der Waals surface area contributed by atoms with Crippen molar-refractivity contribution >= 4 is 17.5 Å². The number of phenolic OH excluding ortho intramolecular Hbond substituents is 1. The minimum absolute atomic E-state index is 0.143. The number of phenols is 1. The van der Waals surface area contributed by atoms with Gasteiger partial charge in [0.15, 0.2) is 5.82 Å². The molecule has 0 aliphatic carbocycles. The van der Waals surface area contributed by atoms with E-state index in [0.29, 0.717) is 11.5 Å². The summed E-state index contributed by atoms with van der Waals surface area (Å²) in [7, 11) is 0. The number of aromatic nitrogens is 2. The number of anilines is 2. The van der Waals surface area contributed by atoms with Crippen LogP contribution in [0.4, 0.5) is 16.3 Å². The van der Waals surface area contributed by atoms with Crippen LogP contribution in [0.1, 0.15) is 0 Å². The number of hydrogen-bond donors (Lipinski definition) is 3. The van der Waals surface area contributed by atoms with E-state index in [1.807, 2.05) is 0 Å². The van der Waals surface area contributed by atoms with Crippen LogP contribution in [0.15, 0.2) is 42.9 Å². The smallest absolute Gasteiger partial charge is 0.324 e. The van der Waals surface area contributed by atoms with E-state index in [4.69, 9.17) is 5.11 Å². The zero-order valence-corrected chi connectivity index (χ0v) is 8.79. The topological polar surface area (TPSA) is 87.1 Å². The second-order valence-corrected chi connectivity index (χ2v) is 3.22. The molecule has 0 saturated heterocycles. The van der Waals surface area contributed by atoms with Crippen LogP contribution < -0.4 is 10.6 Å². The van der Waals surface area contributed by atoms with Gasteiger partial charge in [-0.1, -0.05) is 0 Å². The predicted molar refractivity (Wildman–Crippen MR) is 62.8 cm³/mol. The summed E-state index contributed by atoms with van der Waals surface area (Å²) in [6.07, 6.45) is 4.44. The summed E-state index contributed by atoms with van der Waals surface area (Å²) >= 11 is 0. The fourth-order valence-corrected chi connectivity index (χ4v) is 1.19. The van der Waals surface area contributed by atoms with E-state index in [1.165, 1.54) is 30.7 Å². The number of benzene rings is 1. The molecule has 6 heteroatoms.